The van der Waals surface area contributed by atoms with E-state index >= 15 is 0 Å². The van der Waals surface area contributed by atoms with Crippen LogP contribution in [-0.2, 0) is 0 Å². The number of Topliss-reactive ketones (excluding diaryl/α,β-unsaturated/α-hetero) is 1. The van der Waals surface area contributed by atoms with Gasteiger partial charge in [0.05, 0.1) is 0 Å². The van der Waals surface area contributed by atoms with Crippen LogP contribution in [0.1, 0.15) is 17.0 Å². The summed E-state index contributed by atoms with van der Waals surface area (Å²) in [7, 11) is 0. The molecule has 0 saturated carbocycles. The summed E-state index contributed by atoms with van der Waals surface area (Å²) in [5.74, 6) is 1.42. The molecule has 60 valence electrons. The van der Waals surface area contributed by atoms with Gasteiger partial charge in [-0.3, -0.25) is 4.79 Å². The molecule has 11 heavy (non-hydrogen) atoms. The Hall–Kier alpha value is -0.770. The molecule has 0 bridgehead atoms. The van der Waals surface area contributed by atoms with Gasteiger partial charge in [0.15, 0.2) is 11.6 Å². The Labute approximate surface area is 69.6 Å². The molecule has 1 aromatic rings. The fourth-order valence-corrected chi connectivity index (χ4v) is 1.12. The summed E-state index contributed by atoms with van der Waals surface area (Å²) in [5.41, 5.74) is 0. The highest BCUT2D eigenvalue weighted by Crippen LogP contribution is 2.00. The first-order chi connectivity index (χ1) is 5.34. The SMILES string of the molecule is CSCCC(=O)c1ncc[nH]1. The van der Waals surface area contributed by atoms with E-state index in [-0.39, 0.29) is 5.78 Å². The Morgan fingerprint density at radius 2 is 2.64 bits per heavy atom. The molecule has 0 aliphatic rings. The molecule has 1 heterocycles. The quantitative estimate of drug-likeness (QED) is 0.694. The Kier molecular flexibility index (Phi) is 3.16. The number of thioether (sulfide) groups is 1. The van der Waals surface area contributed by atoms with Crippen LogP contribution in [0, 0.1) is 0 Å². The molecule has 0 amide bonds. The molecular weight excluding hydrogens is 160 g/mol. The highest BCUT2D eigenvalue weighted by atomic mass is 32.2. The number of hydrogen-bond donors (Lipinski definition) is 1. The molecule has 0 spiro atoms. The van der Waals surface area contributed by atoms with Crippen molar-refractivity contribution in [3.05, 3.63) is 18.2 Å². The van der Waals surface area contributed by atoms with E-state index in [2.05, 4.69) is 9.97 Å². The van der Waals surface area contributed by atoms with Gasteiger partial charge in [0, 0.05) is 24.6 Å². The van der Waals surface area contributed by atoms with E-state index in [4.69, 9.17) is 0 Å². The monoisotopic (exact) mass is 170 g/mol. The van der Waals surface area contributed by atoms with Gasteiger partial charge in [-0.2, -0.15) is 11.8 Å². The number of ketones is 1. The zero-order valence-electron chi connectivity index (χ0n) is 6.33. The fraction of sp³-hybridized carbons (Fsp3) is 0.429. The molecule has 3 nitrogen and oxygen atoms in total. The molecule has 1 rings (SSSR count). The van der Waals surface area contributed by atoms with Crippen molar-refractivity contribution in [2.45, 2.75) is 6.42 Å². The smallest absolute Gasteiger partial charge is 0.198 e. The molecule has 0 aliphatic carbocycles. The maximum atomic E-state index is 11.2. The lowest BCUT2D eigenvalue weighted by Crippen LogP contribution is -2.02. The summed E-state index contributed by atoms with van der Waals surface area (Å²) >= 11 is 1.66. The number of aromatic nitrogens is 2. The van der Waals surface area contributed by atoms with Gasteiger partial charge in [0.25, 0.3) is 0 Å². The van der Waals surface area contributed by atoms with E-state index in [0.717, 1.165) is 5.75 Å². The normalized spacial score (nSPS) is 9.91. The third-order valence-corrected chi connectivity index (χ3v) is 1.91. The minimum Gasteiger partial charge on any atom is -0.342 e. The number of carbonyl (C=O) groups excluding carboxylic acids is 1. The minimum atomic E-state index is 0.0874. The second kappa shape index (κ2) is 4.18. The van der Waals surface area contributed by atoms with Gasteiger partial charge >= 0.3 is 0 Å². The summed E-state index contributed by atoms with van der Waals surface area (Å²) in [6.07, 6.45) is 5.79. The lowest BCUT2D eigenvalue weighted by atomic mass is 10.3. The average Bonchev–Trinajstić information content (AvgIpc) is 2.52. The first-order valence-electron chi connectivity index (χ1n) is 3.36. The van der Waals surface area contributed by atoms with Crippen molar-refractivity contribution < 1.29 is 4.79 Å². The molecule has 0 aromatic carbocycles. The zero-order chi connectivity index (χ0) is 8.10. The van der Waals surface area contributed by atoms with Crippen LogP contribution >= 0.6 is 11.8 Å². The van der Waals surface area contributed by atoms with Gasteiger partial charge in [-0.1, -0.05) is 0 Å². The zero-order valence-corrected chi connectivity index (χ0v) is 7.15. The first-order valence-corrected chi connectivity index (χ1v) is 4.75. The number of imidazole rings is 1. The molecule has 0 fully saturated rings. The van der Waals surface area contributed by atoms with Crippen molar-refractivity contribution in [2.75, 3.05) is 12.0 Å². The summed E-state index contributed by atoms with van der Waals surface area (Å²) in [5, 5.41) is 0. The summed E-state index contributed by atoms with van der Waals surface area (Å²) in [6, 6.07) is 0. The number of hydrogen-bond acceptors (Lipinski definition) is 3. The average molecular weight is 170 g/mol. The number of rotatable bonds is 4. The fourth-order valence-electron chi connectivity index (χ4n) is 0.731. The third-order valence-electron chi connectivity index (χ3n) is 1.30. The molecule has 0 radical (unpaired) electrons. The Balaban J connectivity index is 2.43. The number of nitrogens with zero attached hydrogens (tertiary/aromatic N) is 1. The van der Waals surface area contributed by atoms with E-state index in [1.165, 1.54) is 0 Å². The van der Waals surface area contributed by atoms with Gasteiger partial charge < -0.3 is 4.98 Å². The molecule has 1 N–H and O–H groups in total. The largest absolute Gasteiger partial charge is 0.342 e. The molecular formula is C7H10N2OS. The predicted molar refractivity (Wildman–Crippen MR) is 45.9 cm³/mol. The van der Waals surface area contributed by atoms with Crippen LogP contribution in [-0.4, -0.2) is 27.8 Å². The third kappa shape index (κ3) is 2.38. The molecule has 0 atom stereocenters. The second-order valence-corrected chi connectivity index (χ2v) is 3.09. The van der Waals surface area contributed by atoms with Crippen LogP contribution in [0.15, 0.2) is 12.4 Å². The van der Waals surface area contributed by atoms with Crippen LogP contribution in [0.5, 0.6) is 0 Å². The van der Waals surface area contributed by atoms with Gasteiger partial charge in [-0.05, 0) is 6.26 Å². The van der Waals surface area contributed by atoms with Crippen LogP contribution in [0.4, 0.5) is 0 Å². The van der Waals surface area contributed by atoms with Crippen molar-refractivity contribution in [3.8, 4) is 0 Å². The van der Waals surface area contributed by atoms with E-state index < -0.39 is 0 Å². The van der Waals surface area contributed by atoms with Crippen LogP contribution in [0.2, 0.25) is 0 Å². The lowest BCUT2D eigenvalue weighted by Gasteiger charge is -1.93. The number of nitrogens with one attached hydrogen (secondary N) is 1. The topological polar surface area (TPSA) is 45.8 Å². The summed E-state index contributed by atoms with van der Waals surface area (Å²) in [6.45, 7) is 0. The van der Waals surface area contributed by atoms with Crippen molar-refractivity contribution in [3.63, 3.8) is 0 Å². The second-order valence-electron chi connectivity index (χ2n) is 2.10. The van der Waals surface area contributed by atoms with Crippen LogP contribution in [0.3, 0.4) is 0 Å². The first kappa shape index (κ1) is 8.33. The van der Waals surface area contributed by atoms with Crippen molar-refractivity contribution >= 4 is 17.5 Å². The van der Waals surface area contributed by atoms with Gasteiger partial charge in [0.2, 0.25) is 0 Å². The van der Waals surface area contributed by atoms with E-state index in [1.54, 1.807) is 24.2 Å². The molecule has 0 unspecified atom stereocenters. The van der Waals surface area contributed by atoms with E-state index in [0.29, 0.717) is 12.2 Å². The number of H-pyrrole nitrogens is 1. The highest BCUT2D eigenvalue weighted by molar-refractivity contribution is 7.98. The molecule has 0 aliphatic heterocycles. The highest BCUT2D eigenvalue weighted by Gasteiger charge is 2.05. The molecule has 0 saturated heterocycles. The van der Waals surface area contributed by atoms with Crippen LogP contribution in [0.25, 0.3) is 0 Å². The molecule has 4 heteroatoms. The van der Waals surface area contributed by atoms with Crippen LogP contribution < -0.4 is 0 Å². The predicted octanol–water partition coefficient (Wildman–Crippen LogP) is 1.35. The Morgan fingerprint density at radius 3 is 3.18 bits per heavy atom. The number of aromatic amines is 1. The number of carbonyl (C=O) groups is 1. The minimum absolute atomic E-state index is 0.0874. The standard InChI is InChI=1S/C7H10N2OS/c1-11-5-2-6(10)7-8-3-4-9-7/h3-4H,2,5H2,1H3,(H,8,9). The summed E-state index contributed by atoms with van der Waals surface area (Å²) < 4.78 is 0. The van der Waals surface area contributed by atoms with Gasteiger partial charge in [0.1, 0.15) is 0 Å². The Bertz CT molecular complexity index is 220. The van der Waals surface area contributed by atoms with Gasteiger partial charge in [-0.25, -0.2) is 4.98 Å². The lowest BCUT2D eigenvalue weighted by molar-refractivity contribution is 0.0980. The molecule has 1 aromatic heterocycles. The van der Waals surface area contributed by atoms with Crippen molar-refractivity contribution in [2.24, 2.45) is 0 Å². The van der Waals surface area contributed by atoms with E-state index in [1.807, 2.05) is 6.26 Å². The van der Waals surface area contributed by atoms with E-state index in [9.17, 15) is 4.79 Å². The van der Waals surface area contributed by atoms with Crippen molar-refractivity contribution in [1.29, 1.82) is 0 Å². The maximum Gasteiger partial charge on any atom is 0.198 e. The van der Waals surface area contributed by atoms with Crippen molar-refractivity contribution in [1.82, 2.24) is 9.97 Å². The Morgan fingerprint density at radius 1 is 1.82 bits per heavy atom. The summed E-state index contributed by atoms with van der Waals surface area (Å²) in [4.78, 5) is 17.8. The maximum absolute atomic E-state index is 11.2. The van der Waals surface area contributed by atoms with Gasteiger partial charge in [-0.15, -0.1) is 0 Å².